The number of carbonyl (C=O) groups is 1. The van der Waals surface area contributed by atoms with E-state index in [4.69, 9.17) is 14.2 Å². The van der Waals surface area contributed by atoms with E-state index in [0.29, 0.717) is 17.9 Å². The minimum atomic E-state index is -0.0488. The predicted molar refractivity (Wildman–Crippen MR) is 103 cm³/mol. The zero-order valence-electron chi connectivity index (χ0n) is 16.3. The van der Waals surface area contributed by atoms with Gasteiger partial charge in [0.15, 0.2) is 17.3 Å². The summed E-state index contributed by atoms with van der Waals surface area (Å²) >= 11 is 0. The smallest absolute Gasteiger partial charge is 0.231 e. The largest absolute Gasteiger partial charge is 0.492 e. The normalized spacial score (nSPS) is 18.3. The van der Waals surface area contributed by atoms with Gasteiger partial charge in [-0.05, 0) is 56.1 Å². The van der Waals surface area contributed by atoms with Crippen molar-refractivity contribution in [3.8, 4) is 17.2 Å². The summed E-state index contributed by atoms with van der Waals surface area (Å²) < 4.78 is 16.9. The molecule has 0 unspecified atom stereocenters. The van der Waals surface area contributed by atoms with Gasteiger partial charge in [-0.15, -0.1) is 0 Å². The molecular weight excluding hydrogens is 342 g/mol. The summed E-state index contributed by atoms with van der Waals surface area (Å²) in [5.41, 5.74) is 5.32. The van der Waals surface area contributed by atoms with Crippen LogP contribution >= 0.6 is 0 Å². The number of likely N-dealkylation sites (N-methyl/N-ethyl adjacent to an activating group) is 1. The number of fused-ring (bicyclic) bond motifs is 2. The van der Waals surface area contributed by atoms with Crippen molar-refractivity contribution >= 4 is 5.78 Å². The lowest BCUT2D eigenvalue weighted by molar-refractivity contribution is 0.0925. The lowest BCUT2D eigenvalue weighted by Crippen LogP contribution is -2.34. The maximum atomic E-state index is 13.0. The molecule has 27 heavy (non-hydrogen) atoms. The molecule has 0 aromatic heterocycles. The van der Waals surface area contributed by atoms with Crippen LogP contribution in [-0.2, 0) is 6.42 Å². The molecule has 0 saturated carbocycles. The van der Waals surface area contributed by atoms with Gasteiger partial charge < -0.3 is 14.2 Å². The molecule has 0 fully saturated rings. The van der Waals surface area contributed by atoms with Crippen molar-refractivity contribution in [2.45, 2.75) is 32.7 Å². The van der Waals surface area contributed by atoms with Crippen LogP contribution in [0.1, 0.15) is 45.1 Å². The number of hydrogen-bond donors (Lipinski definition) is 0. The monoisotopic (exact) mass is 367 g/mol. The summed E-state index contributed by atoms with van der Waals surface area (Å²) in [6.45, 7) is 5.19. The third kappa shape index (κ3) is 3.06. The fraction of sp³-hybridized carbons (Fsp3) is 0.409. The third-order valence-corrected chi connectivity index (χ3v) is 5.75. The number of Topliss-reactive ketones (excluding diaryl/α,β-unsaturated/α-hetero) is 1. The van der Waals surface area contributed by atoms with Crippen LogP contribution in [0.25, 0.3) is 0 Å². The summed E-state index contributed by atoms with van der Waals surface area (Å²) in [4.78, 5) is 15.3. The molecule has 5 nitrogen and oxygen atoms in total. The van der Waals surface area contributed by atoms with E-state index in [1.807, 2.05) is 31.2 Å². The molecule has 0 N–H and O–H groups in total. The maximum Gasteiger partial charge on any atom is 0.231 e. The topological polar surface area (TPSA) is 48.0 Å². The molecule has 142 valence electrons. The van der Waals surface area contributed by atoms with E-state index in [2.05, 4.69) is 18.9 Å². The average molecular weight is 367 g/mol. The molecule has 0 spiro atoms. The summed E-state index contributed by atoms with van der Waals surface area (Å²) in [5, 5.41) is 0. The first-order valence-corrected chi connectivity index (χ1v) is 9.29. The van der Waals surface area contributed by atoms with Crippen LogP contribution in [0.4, 0.5) is 0 Å². The van der Waals surface area contributed by atoms with Gasteiger partial charge in [-0.3, -0.25) is 9.69 Å². The van der Waals surface area contributed by atoms with Crippen LogP contribution in [-0.4, -0.2) is 38.2 Å². The number of rotatable bonds is 4. The Balaban J connectivity index is 1.72. The Hall–Kier alpha value is -2.53. The number of hydrogen-bond acceptors (Lipinski definition) is 5. The summed E-state index contributed by atoms with van der Waals surface area (Å²) in [5.74, 6) is 2.22. The SMILES string of the molecule is COc1c2c(cc3c1[C@@H](CC(=O)c1ccc(C)c(C)c1)N(C)CC3)OCO2. The van der Waals surface area contributed by atoms with Crippen LogP contribution in [0.15, 0.2) is 24.3 Å². The van der Waals surface area contributed by atoms with Crippen LogP contribution in [0.3, 0.4) is 0 Å². The molecule has 2 aliphatic heterocycles. The van der Waals surface area contributed by atoms with Crippen LogP contribution in [0, 0.1) is 13.8 Å². The summed E-state index contributed by atoms with van der Waals surface area (Å²) in [7, 11) is 3.71. The van der Waals surface area contributed by atoms with Crippen molar-refractivity contribution in [1.82, 2.24) is 4.90 Å². The van der Waals surface area contributed by atoms with Gasteiger partial charge in [-0.25, -0.2) is 0 Å². The molecule has 0 aliphatic carbocycles. The first kappa shape index (κ1) is 17.9. The van der Waals surface area contributed by atoms with Gasteiger partial charge in [-0.2, -0.15) is 0 Å². The van der Waals surface area contributed by atoms with E-state index >= 15 is 0 Å². The van der Waals surface area contributed by atoms with Crippen molar-refractivity contribution in [3.05, 3.63) is 52.1 Å². The minimum absolute atomic E-state index is 0.0488. The third-order valence-electron chi connectivity index (χ3n) is 5.75. The van der Waals surface area contributed by atoms with E-state index in [0.717, 1.165) is 35.4 Å². The Morgan fingerprint density at radius 1 is 1.22 bits per heavy atom. The highest BCUT2D eigenvalue weighted by molar-refractivity contribution is 5.97. The van der Waals surface area contributed by atoms with E-state index in [9.17, 15) is 4.79 Å². The Labute approximate surface area is 159 Å². The molecule has 2 aromatic rings. The minimum Gasteiger partial charge on any atom is -0.492 e. The number of carbonyl (C=O) groups excluding carboxylic acids is 1. The summed E-state index contributed by atoms with van der Waals surface area (Å²) in [6.07, 6.45) is 1.30. The van der Waals surface area contributed by atoms with E-state index in [1.165, 1.54) is 11.1 Å². The Kier molecular flexibility index (Phi) is 4.56. The number of benzene rings is 2. The molecule has 2 aromatic carbocycles. The Bertz CT molecular complexity index is 906. The predicted octanol–water partition coefficient (Wildman–Crippen LogP) is 3.84. The molecule has 0 amide bonds. The number of ether oxygens (including phenoxy) is 3. The zero-order chi connectivity index (χ0) is 19.1. The van der Waals surface area contributed by atoms with Crippen molar-refractivity contribution in [3.63, 3.8) is 0 Å². The lowest BCUT2D eigenvalue weighted by atomic mass is 9.87. The van der Waals surface area contributed by atoms with E-state index in [1.54, 1.807) is 7.11 Å². The van der Waals surface area contributed by atoms with E-state index in [-0.39, 0.29) is 18.6 Å². The van der Waals surface area contributed by atoms with Crippen LogP contribution in [0.5, 0.6) is 17.2 Å². The number of nitrogens with zero attached hydrogens (tertiary/aromatic N) is 1. The highest BCUT2D eigenvalue weighted by atomic mass is 16.7. The number of ketones is 1. The first-order valence-electron chi connectivity index (χ1n) is 9.29. The second-order valence-corrected chi connectivity index (χ2v) is 7.39. The molecule has 0 radical (unpaired) electrons. The van der Waals surface area contributed by atoms with Gasteiger partial charge in [0.2, 0.25) is 12.5 Å². The second-order valence-electron chi connectivity index (χ2n) is 7.39. The molecule has 2 heterocycles. The number of methoxy groups -OCH3 is 1. The van der Waals surface area contributed by atoms with Gasteiger partial charge in [0, 0.05) is 30.1 Å². The van der Waals surface area contributed by atoms with Gasteiger partial charge in [-0.1, -0.05) is 12.1 Å². The Morgan fingerprint density at radius 3 is 2.78 bits per heavy atom. The molecule has 2 aliphatic rings. The van der Waals surface area contributed by atoms with Gasteiger partial charge in [0.1, 0.15) is 0 Å². The van der Waals surface area contributed by atoms with Crippen molar-refractivity contribution in [2.75, 3.05) is 27.5 Å². The van der Waals surface area contributed by atoms with Crippen molar-refractivity contribution in [1.29, 1.82) is 0 Å². The molecule has 5 heteroatoms. The van der Waals surface area contributed by atoms with Crippen molar-refractivity contribution < 1.29 is 19.0 Å². The fourth-order valence-corrected chi connectivity index (χ4v) is 3.99. The van der Waals surface area contributed by atoms with Gasteiger partial charge in [0.25, 0.3) is 0 Å². The molecular formula is C22H25NO4. The Morgan fingerprint density at radius 2 is 2.04 bits per heavy atom. The number of aryl methyl sites for hydroxylation is 2. The maximum absolute atomic E-state index is 13.0. The van der Waals surface area contributed by atoms with Crippen LogP contribution < -0.4 is 14.2 Å². The fourth-order valence-electron chi connectivity index (χ4n) is 3.99. The van der Waals surface area contributed by atoms with Gasteiger partial charge in [0.05, 0.1) is 7.11 Å². The molecule has 1 atom stereocenters. The van der Waals surface area contributed by atoms with Crippen molar-refractivity contribution in [2.24, 2.45) is 0 Å². The average Bonchev–Trinajstić information content (AvgIpc) is 3.12. The van der Waals surface area contributed by atoms with Crippen LogP contribution in [0.2, 0.25) is 0 Å². The zero-order valence-corrected chi connectivity index (χ0v) is 16.3. The van der Waals surface area contributed by atoms with E-state index < -0.39 is 0 Å². The van der Waals surface area contributed by atoms with Gasteiger partial charge >= 0.3 is 0 Å². The second kappa shape index (κ2) is 6.89. The lowest BCUT2D eigenvalue weighted by Gasteiger charge is -2.35. The molecule has 0 bridgehead atoms. The molecule has 4 rings (SSSR count). The highest BCUT2D eigenvalue weighted by Gasteiger charge is 2.35. The quantitative estimate of drug-likeness (QED) is 0.769. The summed E-state index contributed by atoms with van der Waals surface area (Å²) in [6, 6.07) is 7.91. The molecule has 0 saturated heterocycles. The first-order chi connectivity index (χ1) is 13.0. The standard InChI is InChI=1S/C22H25NO4/c1-13-5-6-15(9-14(13)2)18(24)11-17-20-16(7-8-23(17)3)10-19-21(22(20)25-4)27-12-26-19/h5-6,9-10,17H,7-8,11-12H2,1-4H3/t17-/m1/s1. The highest BCUT2D eigenvalue weighted by Crippen LogP contribution is 2.50.